The summed E-state index contributed by atoms with van der Waals surface area (Å²) in [6, 6.07) is 0. The monoisotopic (exact) mass is 465 g/mol. The quantitative estimate of drug-likeness (QED) is 0.0725. The first kappa shape index (κ1) is 30.5. The van der Waals surface area contributed by atoms with Crippen LogP contribution in [0.25, 0.3) is 10.4 Å². The summed E-state index contributed by atoms with van der Waals surface area (Å²) in [6.07, 6.45) is 0. The van der Waals surface area contributed by atoms with Gasteiger partial charge in [-0.15, -0.1) is 0 Å². The van der Waals surface area contributed by atoms with Crippen molar-refractivity contribution in [1.29, 1.82) is 0 Å². The van der Waals surface area contributed by atoms with Crippen molar-refractivity contribution in [2.75, 3.05) is 99.0 Å². The van der Waals surface area contributed by atoms with Crippen molar-refractivity contribution < 1.29 is 42.7 Å². The zero-order valence-electron chi connectivity index (χ0n) is 19.6. The summed E-state index contributed by atoms with van der Waals surface area (Å²) in [4.78, 5) is 14.1. The third kappa shape index (κ3) is 26.5. The first-order valence-electron chi connectivity index (χ1n) is 10.7. The number of carbonyl (C=O) groups excluding carboxylic acids is 1. The molecule has 0 aromatic rings. The highest BCUT2D eigenvalue weighted by Crippen LogP contribution is 2.06. The van der Waals surface area contributed by atoms with Crippen molar-refractivity contribution >= 4 is 5.97 Å². The Kier molecular flexibility index (Phi) is 21.6. The van der Waals surface area contributed by atoms with Crippen molar-refractivity contribution in [3.05, 3.63) is 10.4 Å². The Bertz CT molecular complexity index is 483. The molecule has 0 N–H and O–H groups in total. The lowest BCUT2D eigenvalue weighted by atomic mass is 10.2. The fourth-order valence-electron chi connectivity index (χ4n) is 2.00. The van der Waals surface area contributed by atoms with Gasteiger partial charge < -0.3 is 37.9 Å². The van der Waals surface area contributed by atoms with Crippen LogP contribution in [0.4, 0.5) is 0 Å². The molecule has 0 saturated heterocycles. The molecule has 0 fully saturated rings. The largest absolute Gasteiger partial charge is 0.458 e. The summed E-state index contributed by atoms with van der Waals surface area (Å²) < 4.78 is 42.3. The molecule has 0 aliphatic carbocycles. The molecule has 0 aromatic carbocycles. The van der Waals surface area contributed by atoms with Gasteiger partial charge in [-0.1, -0.05) is 5.11 Å². The van der Waals surface area contributed by atoms with Crippen LogP contribution in [0.3, 0.4) is 0 Å². The molecule has 0 aromatic heterocycles. The van der Waals surface area contributed by atoms with Crippen molar-refractivity contribution in [1.82, 2.24) is 0 Å². The van der Waals surface area contributed by atoms with Crippen LogP contribution in [0.1, 0.15) is 20.8 Å². The molecular weight excluding hydrogens is 426 g/mol. The second-order valence-electron chi connectivity index (χ2n) is 7.27. The van der Waals surface area contributed by atoms with Crippen LogP contribution < -0.4 is 0 Å². The second-order valence-corrected chi connectivity index (χ2v) is 7.27. The van der Waals surface area contributed by atoms with Crippen LogP contribution in [0.15, 0.2) is 5.11 Å². The topological polar surface area (TPSA) is 140 Å². The van der Waals surface area contributed by atoms with E-state index in [-0.39, 0.29) is 12.6 Å². The molecule has 0 bridgehead atoms. The van der Waals surface area contributed by atoms with Gasteiger partial charge in [0.25, 0.3) is 0 Å². The van der Waals surface area contributed by atoms with Crippen molar-refractivity contribution in [3.8, 4) is 0 Å². The molecule has 0 heterocycles. The molecule has 188 valence electrons. The van der Waals surface area contributed by atoms with Crippen LogP contribution in [0.2, 0.25) is 0 Å². The number of carbonyl (C=O) groups is 1. The number of hydrogen-bond donors (Lipinski definition) is 0. The van der Waals surface area contributed by atoms with Crippen LogP contribution in [-0.2, 0) is 42.7 Å². The summed E-state index contributed by atoms with van der Waals surface area (Å²) in [5.74, 6) is -0.388. The summed E-state index contributed by atoms with van der Waals surface area (Å²) in [7, 11) is 0. The molecular formula is C20H39N3O9. The van der Waals surface area contributed by atoms with Gasteiger partial charge in [0, 0.05) is 11.5 Å². The Hall–Kier alpha value is -1.50. The zero-order valence-corrected chi connectivity index (χ0v) is 19.6. The normalized spacial score (nSPS) is 11.3. The Morgan fingerprint density at radius 1 is 0.656 bits per heavy atom. The minimum absolute atomic E-state index is 0.0819. The van der Waals surface area contributed by atoms with Crippen LogP contribution >= 0.6 is 0 Å². The van der Waals surface area contributed by atoms with Gasteiger partial charge in [-0.05, 0) is 26.3 Å². The van der Waals surface area contributed by atoms with E-state index in [1.165, 1.54) is 0 Å². The van der Waals surface area contributed by atoms with Gasteiger partial charge in [0.1, 0.15) is 12.2 Å². The van der Waals surface area contributed by atoms with E-state index < -0.39 is 5.60 Å². The maximum absolute atomic E-state index is 11.4. The lowest BCUT2D eigenvalue weighted by Gasteiger charge is -2.19. The molecule has 0 spiro atoms. The van der Waals surface area contributed by atoms with E-state index in [0.29, 0.717) is 92.4 Å². The average Bonchev–Trinajstić information content (AvgIpc) is 2.73. The van der Waals surface area contributed by atoms with Gasteiger partial charge in [-0.2, -0.15) is 0 Å². The lowest BCUT2D eigenvalue weighted by Crippen LogP contribution is -2.27. The summed E-state index contributed by atoms with van der Waals surface area (Å²) in [5, 5.41) is 3.36. The molecule has 0 aliphatic rings. The van der Waals surface area contributed by atoms with Crippen LogP contribution in [-0.4, -0.2) is 111 Å². The molecule has 0 amide bonds. The van der Waals surface area contributed by atoms with Gasteiger partial charge in [0.05, 0.1) is 85.9 Å². The maximum Gasteiger partial charge on any atom is 0.332 e. The molecule has 12 nitrogen and oxygen atoms in total. The average molecular weight is 466 g/mol. The minimum atomic E-state index is -0.507. The van der Waals surface area contributed by atoms with E-state index in [1.807, 2.05) is 20.8 Å². The number of ether oxygens (including phenoxy) is 8. The second kappa shape index (κ2) is 22.7. The Morgan fingerprint density at radius 3 is 1.34 bits per heavy atom. The van der Waals surface area contributed by atoms with E-state index in [1.54, 1.807) is 0 Å². The Labute approximate surface area is 190 Å². The lowest BCUT2D eigenvalue weighted by molar-refractivity contribution is -0.160. The van der Waals surface area contributed by atoms with E-state index in [0.717, 1.165) is 0 Å². The van der Waals surface area contributed by atoms with Crippen LogP contribution in [0, 0.1) is 0 Å². The van der Waals surface area contributed by atoms with Crippen LogP contribution in [0.5, 0.6) is 0 Å². The van der Waals surface area contributed by atoms with Gasteiger partial charge >= 0.3 is 5.97 Å². The predicted molar refractivity (Wildman–Crippen MR) is 116 cm³/mol. The fraction of sp³-hybridized carbons (Fsp3) is 0.950. The Balaban J connectivity index is 3.12. The van der Waals surface area contributed by atoms with Gasteiger partial charge in [0.2, 0.25) is 0 Å². The summed E-state index contributed by atoms with van der Waals surface area (Å²) in [5.41, 5.74) is 7.59. The van der Waals surface area contributed by atoms with E-state index in [4.69, 9.17) is 43.4 Å². The molecule has 0 aliphatic heterocycles. The van der Waals surface area contributed by atoms with Gasteiger partial charge in [-0.25, -0.2) is 4.79 Å². The smallest absolute Gasteiger partial charge is 0.332 e. The molecule has 32 heavy (non-hydrogen) atoms. The number of nitrogens with zero attached hydrogens (tertiary/aromatic N) is 3. The highest BCUT2D eigenvalue weighted by molar-refractivity contribution is 5.71. The van der Waals surface area contributed by atoms with E-state index in [9.17, 15) is 4.79 Å². The van der Waals surface area contributed by atoms with Crippen molar-refractivity contribution in [2.45, 2.75) is 26.4 Å². The fourth-order valence-corrected chi connectivity index (χ4v) is 2.00. The Morgan fingerprint density at radius 2 is 1.00 bits per heavy atom. The molecule has 0 rings (SSSR count). The number of azide groups is 1. The third-order valence-corrected chi connectivity index (χ3v) is 3.27. The first-order valence-corrected chi connectivity index (χ1v) is 10.7. The van der Waals surface area contributed by atoms with Gasteiger partial charge in [0.15, 0.2) is 0 Å². The molecule has 0 radical (unpaired) electrons. The molecule has 12 heteroatoms. The molecule has 0 saturated carbocycles. The standard InChI is InChI=1S/C20H39N3O9/c1-20(2,3)32-19(24)18-31-17-16-30-15-14-29-13-12-28-11-10-27-9-8-26-7-6-25-5-4-22-23-21/h4-18H2,1-3H3. The van der Waals surface area contributed by atoms with E-state index >= 15 is 0 Å². The number of rotatable bonds is 23. The zero-order chi connectivity index (χ0) is 23.8. The van der Waals surface area contributed by atoms with E-state index in [2.05, 4.69) is 10.0 Å². The summed E-state index contributed by atoms with van der Waals surface area (Å²) in [6.45, 7) is 11.5. The predicted octanol–water partition coefficient (Wildman–Crippen LogP) is 1.75. The number of hydrogen-bond acceptors (Lipinski definition) is 10. The van der Waals surface area contributed by atoms with Gasteiger partial charge in [-0.3, -0.25) is 0 Å². The molecule has 0 unspecified atom stereocenters. The maximum atomic E-state index is 11.4. The van der Waals surface area contributed by atoms with Crippen molar-refractivity contribution in [2.24, 2.45) is 5.11 Å². The summed E-state index contributed by atoms with van der Waals surface area (Å²) >= 11 is 0. The molecule has 0 atom stereocenters. The number of esters is 1. The van der Waals surface area contributed by atoms with Crippen molar-refractivity contribution in [3.63, 3.8) is 0 Å². The highest BCUT2D eigenvalue weighted by atomic mass is 16.6. The third-order valence-electron chi connectivity index (χ3n) is 3.27. The first-order chi connectivity index (χ1) is 15.5. The SMILES string of the molecule is CC(C)(C)OC(=O)COCCOCCOCCOCCOCCOCCOCCN=[N+]=[N-]. The minimum Gasteiger partial charge on any atom is -0.458 e. The highest BCUT2D eigenvalue weighted by Gasteiger charge is 2.15.